The number of rotatable bonds is 9. The van der Waals surface area contributed by atoms with E-state index in [1.165, 1.54) is 12.1 Å². The van der Waals surface area contributed by atoms with Gasteiger partial charge in [-0.3, -0.25) is 9.36 Å². The summed E-state index contributed by atoms with van der Waals surface area (Å²) >= 11 is 0. The summed E-state index contributed by atoms with van der Waals surface area (Å²) in [4.78, 5) is 18.9. The summed E-state index contributed by atoms with van der Waals surface area (Å²) in [6, 6.07) is 4.53. The molecule has 0 bridgehead atoms. The van der Waals surface area contributed by atoms with Gasteiger partial charge in [-0.05, 0) is 32.1 Å². The van der Waals surface area contributed by atoms with E-state index in [0.29, 0.717) is 19.0 Å². The molecule has 1 heterocycles. The van der Waals surface area contributed by atoms with Crippen LogP contribution < -0.4 is 15.6 Å². The molecule has 0 saturated carbocycles. The number of hydrogen-bond donors (Lipinski definition) is 1. The van der Waals surface area contributed by atoms with Crippen LogP contribution in [-0.4, -0.2) is 41.6 Å². The zero-order valence-electron chi connectivity index (χ0n) is 16.1. The van der Waals surface area contributed by atoms with Crippen LogP contribution in [-0.2, 0) is 13.2 Å². The van der Waals surface area contributed by atoms with E-state index in [-0.39, 0.29) is 29.5 Å². The first kappa shape index (κ1) is 20.8. The average Bonchev–Trinajstić information content (AvgIpc) is 2.56. The Bertz CT molecular complexity index is 822. The summed E-state index contributed by atoms with van der Waals surface area (Å²) in [5.74, 6) is -0.590. The van der Waals surface area contributed by atoms with Crippen molar-refractivity contribution in [1.29, 1.82) is 0 Å². The molecule has 1 N–H and O–H groups in total. The molecule has 0 unspecified atom stereocenters. The molecule has 148 valence electrons. The lowest BCUT2D eigenvalue weighted by Gasteiger charge is -2.17. The molecule has 0 saturated heterocycles. The number of ether oxygens (including phenoxy) is 1. The van der Waals surface area contributed by atoms with Gasteiger partial charge in [0.15, 0.2) is 0 Å². The fourth-order valence-electron chi connectivity index (χ4n) is 2.42. The Hall–Kier alpha value is -2.48. The molecule has 8 heteroatoms. The lowest BCUT2D eigenvalue weighted by atomic mass is 10.2. The Kier molecular flexibility index (Phi) is 7.29. The molecular weight excluding hydrogens is 354 g/mol. The zero-order chi connectivity index (χ0) is 20.0. The Morgan fingerprint density at radius 3 is 2.63 bits per heavy atom. The van der Waals surface area contributed by atoms with Crippen LogP contribution in [0.15, 0.2) is 29.1 Å². The molecule has 0 fully saturated rings. The minimum Gasteiger partial charge on any atom is -0.472 e. The maximum Gasteiger partial charge on any atom is 0.258 e. The van der Waals surface area contributed by atoms with E-state index in [1.807, 2.05) is 32.8 Å². The summed E-state index contributed by atoms with van der Waals surface area (Å²) in [6.45, 7) is 5.76. The van der Waals surface area contributed by atoms with Gasteiger partial charge in [-0.15, -0.1) is 0 Å². The number of hydrogen-bond acceptors (Lipinski definition) is 5. The second-order valence-corrected chi connectivity index (χ2v) is 7.02. The van der Waals surface area contributed by atoms with Crippen LogP contribution in [0, 0.1) is 17.6 Å². The van der Waals surface area contributed by atoms with Crippen molar-refractivity contribution in [2.45, 2.75) is 27.0 Å². The van der Waals surface area contributed by atoms with E-state index >= 15 is 0 Å². The van der Waals surface area contributed by atoms with Gasteiger partial charge in [0.25, 0.3) is 5.56 Å². The predicted molar refractivity (Wildman–Crippen MR) is 101 cm³/mol. The lowest BCUT2D eigenvalue weighted by molar-refractivity contribution is 0.285. The van der Waals surface area contributed by atoms with Gasteiger partial charge in [0.2, 0.25) is 11.8 Å². The first-order valence-electron chi connectivity index (χ1n) is 8.83. The normalized spacial score (nSPS) is 11.3. The first-order valence-corrected chi connectivity index (χ1v) is 8.83. The maximum absolute atomic E-state index is 13.7. The largest absolute Gasteiger partial charge is 0.472 e. The second-order valence-electron chi connectivity index (χ2n) is 7.02. The van der Waals surface area contributed by atoms with Crippen molar-refractivity contribution >= 4 is 5.95 Å². The number of likely N-dealkylation sites (N-methyl/N-ethyl adjacent to an activating group) is 1. The van der Waals surface area contributed by atoms with Crippen LogP contribution >= 0.6 is 0 Å². The number of aromatic nitrogens is 2. The summed E-state index contributed by atoms with van der Waals surface area (Å²) in [5.41, 5.74) is -0.0627. The van der Waals surface area contributed by atoms with Crippen LogP contribution in [0.4, 0.5) is 14.7 Å². The second kappa shape index (κ2) is 9.45. The SMILES string of the molecule is CC(C)Cn1c(NCCN(C)C)nc(OCc2ccc(F)cc2F)cc1=O. The standard InChI is InChI=1S/C19H26F2N4O2/c1-13(2)11-25-18(26)10-17(23-19(25)22-7-8-24(3)4)27-12-14-5-6-15(20)9-16(14)21/h5-6,9-10,13H,7-8,11-12H2,1-4H3,(H,22,23). The molecule has 0 aliphatic carbocycles. The Morgan fingerprint density at radius 2 is 2.00 bits per heavy atom. The third-order valence-electron chi connectivity index (χ3n) is 3.77. The maximum atomic E-state index is 13.7. The molecule has 2 rings (SSSR count). The van der Waals surface area contributed by atoms with Crippen molar-refractivity contribution in [2.24, 2.45) is 5.92 Å². The van der Waals surface area contributed by atoms with E-state index in [0.717, 1.165) is 18.7 Å². The predicted octanol–water partition coefficient (Wildman–Crippen LogP) is 2.73. The number of anilines is 1. The monoisotopic (exact) mass is 380 g/mol. The third-order valence-corrected chi connectivity index (χ3v) is 3.77. The molecule has 1 aromatic heterocycles. The molecule has 0 amide bonds. The van der Waals surface area contributed by atoms with Gasteiger partial charge in [0, 0.05) is 31.3 Å². The topological polar surface area (TPSA) is 59.4 Å². The van der Waals surface area contributed by atoms with Gasteiger partial charge in [0.05, 0.1) is 6.07 Å². The van der Waals surface area contributed by atoms with Gasteiger partial charge >= 0.3 is 0 Å². The summed E-state index contributed by atoms with van der Waals surface area (Å²) < 4.78 is 33.8. The number of nitrogens with one attached hydrogen (secondary N) is 1. The van der Waals surface area contributed by atoms with Crippen molar-refractivity contribution in [1.82, 2.24) is 14.5 Å². The summed E-state index contributed by atoms with van der Waals surface area (Å²) in [6.07, 6.45) is 0. The highest BCUT2D eigenvalue weighted by atomic mass is 19.1. The highest BCUT2D eigenvalue weighted by Crippen LogP contribution is 2.15. The van der Waals surface area contributed by atoms with E-state index in [9.17, 15) is 13.6 Å². The van der Waals surface area contributed by atoms with Crippen molar-refractivity contribution in [3.05, 3.63) is 51.8 Å². The van der Waals surface area contributed by atoms with Gasteiger partial charge in [-0.25, -0.2) is 8.78 Å². The Balaban J connectivity index is 2.20. The molecular formula is C19H26F2N4O2. The van der Waals surface area contributed by atoms with Crippen molar-refractivity contribution in [2.75, 3.05) is 32.5 Å². The first-order chi connectivity index (χ1) is 12.8. The van der Waals surface area contributed by atoms with Crippen molar-refractivity contribution in [3.63, 3.8) is 0 Å². The van der Waals surface area contributed by atoms with E-state index in [1.54, 1.807) is 4.57 Å². The summed E-state index contributed by atoms with van der Waals surface area (Å²) in [5, 5.41) is 3.15. The highest BCUT2D eigenvalue weighted by Gasteiger charge is 2.12. The average molecular weight is 380 g/mol. The van der Waals surface area contributed by atoms with Crippen LogP contribution in [0.1, 0.15) is 19.4 Å². The van der Waals surface area contributed by atoms with Gasteiger partial charge in [-0.2, -0.15) is 4.98 Å². The number of nitrogens with zero attached hydrogens (tertiary/aromatic N) is 3. The lowest BCUT2D eigenvalue weighted by Crippen LogP contribution is -2.29. The summed E-state index contributed by atoms with van der Waals surface area (Å²) in [7, 11) is 3.90. The number of halogens is 2. The molecule has 6 nitrogen and oxygen atoms in total. The Labute approximate surface area is 157 Å². The molecule has 2 aromatic rings. The smallest absolute Gasteiger partial charge is 0.258 e. The van der Waals surface area contributed by atoms with Gasteiger partial charge in [-0.1, -0.05) is 13.8 Å². The highest BCUT2D eigenvalue weighted by molar-refractivity contribution is 5.30. The molecule has 1 aromatic carbocycles. The van der Waals surface area contributed by atoms with E-state index in [2.05, 4.69) is 10.3 Å². The molecule has 27 heavy (non-hydrogen) atoms. The van der Waals surface area contributed by atoms with Gasteiger partial charge in [0.1, 0.15) is 18.2 Å². The van der Waals surface area contributed by atoms with Crippen molar-refractivity contribution in [3.8, 4) is 5.88 Å². The molecule has 0 spiro atoms. The zero-order valence-corrected chi connectivity index (χ0v) is 16.1. The minimum atomic E-state index is -0.701. The third kappa shape index (κ3) is 6.32. The van der Waals surface area contributed by atoms with E-state index < -0.39 is 11.6 Å². The minimum absolute atomic E-state index is 0.0936. The molecule has 0 aliphatic rings. The van der Waals surface area contributed by atoms with Crippen LogP contribution in [0.3, 0.4) is 0 Å². The van der Waals surface area contributed by atoms with Crippen LogP contribution in [0.5, 0.6) is 5.88 Å². The molecule has 0 aliphatic heterocycles. The quantitative estimate of drug-likeness (QED) is 0.725. The van der Waals surface area contributed by atoms with E-state index in [4.69, 9.17) is 4.74 Å². The van der Waals surface area contributed by atoms with Crippen LogP contribution in [0.2, 0.25) is 0 Å². The fourth-order valence-corrected chi connectivity index (χ4v) is 2.42. The Morgan fingerprint density at radius 1 is 1.26 bits per heavy atom. The molecule has 0 atom stereocenters. The van der Waals surface area contributed by atoms with Crippen molar-refractivity contribution < 1.29 is 13.5 Å². The van der Waals surface area contributed by atoms with Crippen LogP contribution in [0.25, 0.3) is 0 Å². The molecule has 0 radical (unpaired) electrons. The van der Waals surface area contributed by atoms with Gasteiger partial charge < -0.3 is 15.0 Å². The number of benzene rings is 1. The fraction of sp³-hybridized carbons (Fsp3) is 0.474.